The summed E-state index contributed by atoms with van der Waals surface area (Å²) in [5.41, 5.74) is 5.66. The molecule has 2 amide bonds. The van der Waals surface area contributed by atoms with E-state index in [1.165, 1.54) is 6.42 Å². The van der Waals surface area contributed by atoms with Gasteiger partial charge in [-0.2, -0.15) is 0 Å². The van der Waals surface area contributed by atoms with Crippen LogP contribution < -0.4 is 16.4 Å². The Morgan fingerprint density at radius 1 is 1.00 bits per heavy atom. The van der Waals surface area contributed by atoms with E-state index in [-0.39, 0.29) is 17.9 Å². The molecule has 0 saturated heterocycles. The third-order valence-corrected chi connectivity index (χ3v) is 3.77. The molecule has 0 aromatic carbocycles. The molecule has 5 N–H and O–H groups in total. The lowest BCUT2D eigenvalue weighted by Gasteiger charge is -2.35. The summed E-state index contributed by atoms with van der Waals surface area (Å²) in [5.74, 6) is -1.83. The predicted octanol–water partition coefficient (Wildman–Crippen LogP) is -0.397. The molecular weight excluding hydrogens is 262 g/mol. The molecule has 20 heavy (non-hydrogen) atoms. The standard InChI is InChI=1S/C13H23N3O4/c14-9-13(4-2-1-3-5-13)6-10(17)15-7-11(18)16-8-12(19)20/h1-9,14H2,(H,15,17)(H,16,18)(H,19,20). The van der Waals surface area contributed by atoms with Gasteiger partial charge in [0.05, 0.1) is 6.54 Å². The van der Waals surface area contributed by atoms with Crippen molar-refractivity contribution in [2.45, 2.75) is 38.5 Å². The van der Waals surface area contributed by atoms with Crippen molar-refractivity contribution >= 4 is 17.8 Å². The van der Waals surface area contributed by atoms with Gasteiger partial charge >= 0.3 is 5.97 Å². The molecule has 0 radical (unpaired) electrons. The molecule has 1 aliphatic carbocycles. The highest BCUT2D eigenvalue weighted by atomic mass is 16.4. The zero-order chi connectivity index (χ0) is 15.0. The van der Waals surface area contributed by atoms with Gasteiger partial charge in [-0.3, -0.25) is 14.4 Å². The number of aliphatic carboxylic acids is 1. The van der Waals surface area contributed by atoms with Gasteiger partial charge in [-0.25, -0.2) is 0 Å². The van der Waals surface area contributed by atoms with Gasteiger partial charge in [0.1, 0.15) is 6.54 Å². The Hall–Kier alpha value is -1.63. The van der Waals surface area contributed by atoms with Gasteiger partial charge in [0.2, 0.25) is 11.8 Å². The van der Waals surface area contributed by atoms with Gasteiger partial charge < -0.3 is 21.5 Å². The van der Waals surface area contributed by atoms with Crippen LogP contribution in [0, 0.1) is 5.41 Å². The molecule has 0 aliphatic heterocycles. The van der Waals surface area contributed by atoms with E-state index >= 15 is 0 Å². The van der Waals surface area contributed by atoms with Gasteiger partial charge in [0.15, 0.2) is 0 Å². The second-order valence-electron chi connectivity index (χ2n) is 5.39. The van der Waals surface area contributed by atoms with Gasteiger partial charge in [0.25, 0.3) is 0 Å². The van der Waals surface area contributed by atoms with Crippen LogP contribution in [0.5, 0.6) is 0 Å². The van der Waals surface area contributed by atoms with E-state index in [2.05, 4.69) is 10.6 Å². The Morgan fingerprint density at radius 3 is 2.15 bits per heavy atom. The number of amides is 2. The first-order valence-corrected chi connectivity index (χ1v) is 6.93. The molecule has 1 saturated carbocycles. The summed E-state index contributed by atoms with van der Waals surface area (Å²) < 4.78 is 0. The van der Waals surface area contributed by atoms with Crippen molar-refractivity contribution < 1.29 is 19.5 Å². The number of carboxylic acids is 1. The lowest BCUT2D eigenvalue weighted by atomic mass is 9.71. The van der Waals surface area contributed by atoms with Crippen molar-refractivity contribution in [3.05, 3.63) is 0 Å². The van der Waals surface area contributed by atoms with Crippen molar-refractivity contribution in [1.82, 2.24) is 10.6 Å². The van der Waals surface area contributed by atoms with Gasteiger partial charge in [-0.1, -0.05) is 19.3 Å². The number of nitrogens with one attached hydrogen (secondary N) is 2. The van der Waals surface area contributed by atoms with Crippen molar-refractivity contribution in [1.29, 1.82) is 0 Å². The highest BCUT2D eigenvalue weighted by molar-refractivity contribution is 5.86. The molecule has 0 spiro atoms. The van der Waals surface area contributed by atoms with E-state index in [4.69, 9.17) is 10.8 Å². The maximum Gasteiger partial charge on any atom is 0.322 e. The summed E-state index contributed by atoms with van der Waals surface area (Å²) in [6.07, 6.45) is 5.58. The monoisotopic (exact) mass is 285 g/mol. The summed E-state index contributed by atoms with van der Waals surface area (Å²) in [6, 6.07) is 0. The molecule has 0 aromatic rings. The fourth-order valence-electron chi connectivity index (χ4n) is 2.57. The van der Waals surface area contributed by atoms with Crippen LogP contribution in [0.25, 0.3) is 0 Å². The largest absolute Gasteiger partial charge is 0.480 e. The van der Waals surface area contributed by atoms with Crippen LogP contribution in [0.3, 0.4) is 0 Å². The van der Waals surface area contributed by atoms with Crippen LogP contribution in [-0.4, -0.2) is 42.5 Å². The van der Waals surface area contributed by atoms with Crippen LogP contribution in [0.2, 0.25) is 0 Å². The molecule has 0 unspecified atom stereocenters. The van der Waals surface area contributed by atoms with Crippen LogP contribution in [0.15, 0.2) is 0 Å². The number of hydrogen-bond donors (Lipinski definition) is 4. The number of carbonyl (C=O) groups excluding carboxylic acids is 2. The topological polar surface area (TPSA) is 122 Å². The summed E-state index contributed by atoms with van der Waals surface area (Å²) >= 11 is 0. The number of hydrogen-bond acceptors (Lipinski definition) is 4. The minimum atomic E-state index is -1.12. The Morgan fingerprint density at radius 2 is 1.60 bits per heavy atom. The molecule has 0 heterocycles. The van der Waals surface area contributed by atoms with Gasteiger partial charge in [-0.15, -0.1) is 0 Å². The van der Waals surface area contributed by atoms with Gasteiger partial charge in [0, 0.05) is 6.42 Å². The smallest absolute Gasteiger partial charge is 0.322 e. The summed E-state index contributed by atoms with van der Waals surface area (Å²) in [5, 5.41) is 13.1. The van der Waals surface area contributed by atoms with Crippen LogP contribution >= 0.6 is 0 Å². The first-order valence-electron chi connectivity index (χ1n) is 6.93. The lowest BCUT2D eigenvalue weighted by molar-refractivity contribution is -0.137. The second-order valence-corrected chi connectivity index (χ2v) is 5.39. The molecule has 114 valence electrons. The van der Waals surface area contributed by atoms with E-state index in [1.54, 1.807) is 0 Å². The minimum Gasteiger partial charge on any atom is -0.480 e. The first kappa shape index (κ1) is 16.4. The fourth-order valence-corrected chi connectivity index (χ4v) is 2.57. The number of nitrogens with two attached hydrogens (primary N) is 1. The lowest BCUT2D eigenvalue weighted by Crippen LogP contribution is -2.42. The normalized spacial score (nSPS) is 17.2. The Labute approximate surface area is 118 Å². The average molecular weight is 285 g/mol. The van der Waals surface area contributed by atoms with E-state index in [1.807, 2.05) is 0 Å². The average Bonchev–Trinajstić information content (AvgIpc) is 2.44. The number of rotatable bonds is 7. The summed E-state index contributed by atoms with van der Waals surface area (Å²) in [6.45, 7) is -0.167. The number of carboxylic acid groups (broad SMARTS) is 1. The summed E-state index contributed by atoms with van der Waals surface area (Å²) in [4.78, 5) is 33.4. The quantitative estimate of drug-likeness (QED) is 0.507. The predicted molar refractivity (Wildman–Crippen MR) is 72.8 cm³/mol. The third-order valence-electron chi connectivity index (χ3n) is 3.77. The number of carbonyl (C=O) groups is 3. The SMILES string of the molecule is NCC1(CC(=O)NCC(=O)NCC(=O)O)CCCCC1. The molecule has 1 aliphatic rings. The Kier molecular flexibility index (Phi) is 6.44. The van der Waals surface area contributed by atoms with E-state index in [0.29, 0.717) is 13.0 Å². The van der Waals surface area contributed by atoms with Crippen molar-refractivity contribution in [2.24, 2.45) is 11.1 Å². The van der Waals surface area contributed by atoms with E-state index < -0.39 is 18.4 Å². The minimum absolute atomic E-state index is 0.139. The highest BCUT2D eigenvalue weighted by Crippen LogP contribution is 2.38. The molecule has 1 rings (SSSR count). The molecular formula is C13H23N3O4. The molecule has 7 nitrogen and oxygen atoms in total. The first-order chi connectivity index (χ1) is 9.47. The van der Waals surface area contributed by atoms with E-state index in [0.717, 1.165) is 25.7 Å². The molecule has 0 bridgehead atoms. The Balaban J connectivity index is 2.31. The maximum absolute atomic E-state index is 11.9. The zero-order valence-electron chi connectivity index (χ0n) is 11.6. The molecule has 1 fully saturated rings. The van der Waals surface area contributed by atoms with Gasteiger partial charge in [-0.05, 0) is 24.8 Å². The van der Waals surface area contributed by atoms with Crippen LogP contribution in [0.4, 0.5) is 0 Å². The van der Waals surface area contributed by atoms with E-state index in [9.17, 15) is 14.4 Å². The summed E-state index contributed by atoms with van der Waals surface area (Å²) in [7, 11) is 0. The van der Waals surface area contributed by atoms with Crippen molar-refractivity contribution in [2.75, 3.05) is 19.6 Å². The molecule has 0 aromatic heterocycles. The van der Waals surface area contributed by atoms with Crippen molar-refractivity contribution in [3.8, 4) is 0 Å². The van der Waals surface area contributed by atoms with Crippen LogP contribution in [0.1, 0.15) is 38.5 Å². The Bertz CT molecular complexity index is 365. The fraction of sp³-hybridized carbons (Fsp3) is 0.769. The van der Waals surface area contributed by atoms with Crippen molar-refractivity contribution in [3.63, 3.8) is 0 Å². The molecule has 7 heteroatoms. The van der Waals surface area contributed by atoms with Crippen LogP contribution in [-0.2, 0) is 14.4 Å². The maximum atomic E-state index is 11.9. The second kappa shape index (κ2) is 7.84. The molecule has 0 atom stereocenters. The zero-order valence-corrected chi connectivity index (χ0v) is 11.6. The third kappa shape index (κ3) is 5.56. The highest BCUT2D eigenvalue weighted by Gasteiger charge is 2.32.